The monoisotopic (exact) mass is 277 g/mol. The quantitative estimate of drug-likeness (QED) is 0.891. The van der Waals surface area contributed by atoms with Gasteiger partial charge >= 0.3 is 0 Å². The van der Waals surface area contributed by atoms with Gasteiger partial charge < -0.3 is 14.8 Å². The van der Waals surface area contributed by atoms with Crippen LogP contribution in [-0.2, 0) is 6.54 Å². The summed E-state index contributed by atoms with van der Waals surface area (Å²) in [5.74, 6) is 3.20. The summed E-state index contributed by atoms with van der Waals surface area (Å²) < 4.78 is 10.6. The van der Waals surface area contributed by atoms with Crippen LogP contribution in [0.3, 0.4) is 0 Å². The Kier molecular flexibility index (Phi) is 5.30. The van der Waals surface area contributed by atoms with Gasteiger partial charge in [0, 0.05) is 12.6 Å². The number of nitrogens with one attached hydrogen (secondary N) is 1. The molecule has 0 radical (unpaired) electrons. The Morgan fingerprint density at radius 3 is 2.55 bits per heavy atom. The molecule has 1 fully saturated rings. The highest BCUT2D eigenvalue weighted by molar-refractivity contribution is 5.42. The van der Waals surface area contributed by atoms with Gasteiger partial charge in [-0.3, -0.25) is 0 Å². The molecule has 0 aromatic heterocycles. The van der Waals surface area contributed by atoms with E-state index in [9.17, 15) is 0 Å². The average molecular weight is 277 g/mol. The Hall–Kier alpha value is -1.22. The third kappa shape index (κ3) is 3.66. The van der Waals surface area contributed by atoms with E-state index in [1.807, 2.05) is 6.07 Å². The average Bonchev–Trinajstić information content (AvgIpc) is 2.47. The fourth-order valence-corrected chi connectivity index (χ4v) is 3.06. The topological polar surface area (TPSA) is 30.5 Å². The Bertz CT molecular complexity index is 433. The molecule has 0 aliphatic heterocycles. The first-order chi connectivity index (χ1) is 9.63. The second-order valence-electron chi connectivity index (χ2n) is 6.07. The van der Waals surface area contributed by atoms with Crippen LogP contribution in [0.25, 0.3) is 0 Å². The van der Waals surface area contributed by atoms with Crippen LogP contribution in [0.15, 0.2) is 18.2 Å². The molecular formula is C17H27NO2. The molecule has 0 spiro atoms. The summed E-state index contributed by atoms with van der Waals surface area (Å²) in [6.07, 6.45) is 3.99. The molecule has 2 rings (SSSR count). The molecule has 1 aliphatic carbocycles. The van der Waals surface area contributed by atoms with Crippen molar-refractivity contribution in [3.63, 3.8) is 0 Å². The SMILES string of the molecule is COc1ccc(CNC2CC(C)CCC2C)cc1OC. The zero-order chi connectivity index (χ0) is 14.5. The lowest BCUT2D eigenvalue weighted by molar-refractivity contribution is 0.227. The number of methoxy groups -OCH3 is 2. The van der Waals surface area contributed by atoms with E-state index in [1.165, 1.54) is 24.8 Å². The van der Waals surface area contributed by atoms with Crippen molar-refractivity contribution in [2.45, 2.75) is 45.7 Å². The minimum Gasteiger partial charge on any atom is -0.493 e. The highest BCUT2D eigenvalue weighted by Gasteiger charge is 2.24. The fourth-order valence-electron chi connectivity index (χ4n) is 3.06. The van der Waals surface area contributed by atoms with Gasteiger partial charge in [-0.1, -0.05) is 26.3 Å². The van der Waals surface area contributed by atoms with Crippen molar-refractivity contribution >= 4 is 0 Å². The van der Waals surface area contributed by atoms with Crippen molar-refractivity contribution in [2.75, 3.05) is 14.2 Å². The summed E-state index contributed by atoms with van der Waals surface area (Å²) >= 11 is 0. The second-order valence-corrected chi connectivity index (χ2v) is 6.07. The van der Waals surface area contributed by atoms with Crippen molar-refractivity contribution < 1.29 is 9.47 Å². The van der Waals surface area contributed by atoms with E-state index < -0.39 is 0 Å². The Morgan fingerprint density at radius 2 is 1.85 bits per heavy atom. The number of rotatable bonds is 5. The van der Waals surface area contributed by atoms with Crippen molar-refractivity contribution in [3.8, 4) is 11.5 Å². The molecule has 3 nitrogen and oxygen atoms in total. The van der Waals surface area contributed by atoms with Crippen LogP contribution in [-0.4, -0.2) is 20.3 Å². The van der Waals surface area contributed by atoms with Gasteiger partial charge in [0.05, 0.1) is 14.2 Å². The molecule has 20 heavy (non-hydrogen) atoms. The largest absolute Gasteiger partial charge is 0.493 e. The normalized spacial score (nSPS) is 26.3. The number of ether oxygens (including phenoxy) is 2. The van der Waals surface area contributed by atoms with Crippen LogP contribution in [0.4, 0.5) is 0 Å². The lowest BCUT2D eigenvalue weighted by Gasteiger charge is -2.33. The summed E-state index contributed by atoms with van der Waals surface area (Å²) in [5.41, 5.74) is 1.24. The molecule has 0 bridgehead atoms. The molecule has 1 saturated carbocycles. The first kappa shape index (κ1) is 15.2. The number of benzene rings is 1. The smallest absolute Gasteiger partial charge is 0.161 e. The second kappa shape index (κ2) is 6.98. The molecule has 0 saturated heterocycles. The van der Waals surface area contributed by atoms with E-state index in [1.54, 1.807) is 14.2 Å². The van der Waals surface area contributed by atoms with Gasteiger partial charge in [0.1, 0.15) is 0 Å². The molecule has 0 amide bonds. The van der Waals surface area contributed by atoms with E-state index in [2.05, 4.69) is 31.3 Å². The van der Waals surface area contributed by atoms with Gasteiger partial charge in [-0.15, -0.1) is 0 Å². The van der Waals surface area contributed by atoms with Gasteiger partial charge in [-0.25, -0.2) is 0 Å². The first-order valence-electron chi connectivity index (χ1n) is 7.58. The van der Waals surface area contributed by atoms with Crippen LogP contribution in [0.1, 0.15) is 38.7 Å². The summed E-state index contributed by atoms with van der Waals surface area (Å²) in [5, 5.41) is 3.71. The van der Waals surface area contributed by atoms with Crippen LogP contribution in [0.5, 0.6) is 11.5 Å². The van der Waals surface area contributed by atoms with Gasteiger partial charge in [-0.2, -0.15) is 0 Å². The highest BCUT2D eigenvalue weighted by atomic mass is 16.5. The predicted molar refractivity (Wildman–Crippen MR) is 82.4 cm³/mol. The molecule has 1 N–H and O–H groups in total. The molecule has 0 heterocycles. The molecule has 112 valence electrons. The zero-order valence-corrected chi connectivity index (χ0v) is 13.1. The summed E-state index contributed by atoms with van der Waals surface area (Å²) in [6.45, 7) is 5.61. The minimum absolute atomic E-state index is 0.631. The summed E-state index contributed by atoms with van der Waals surface area (Å²) in [7, 11) is 3.35. The first-order valence-corrected chi connectivity index (χ1v) is 7.58. The van der Waals surface area contributed by atoms with Crippen molar-refractivity contribution in [2.24, 2.45) is 11.8 Å². The van der Waals surface area contributed by atoms with Crippen LogP contribution in [0.2, 0.25) is 0 Å². The van der Waals surface area contributed by atoms with Crippen LogP contribution >= 0.6 is 0 Å². The molecular weight excluding hydrogens is 250 g/mol. The highest BCUT2D eigenvalue weighted by Crippen LogP contribution is 2.30. The van der Waals surface area contributed by atoms with E-state index in [0.29, 0.717) is 6.04 Å². The summed E-state index contributed by atoms with van der Waals surface area (Å²) in [6, 6.07) is 6.77. The molecule has 3 unspecified atom stereocenters. The van der Waals surface area contributed by atoms with E-state index in [-0.39, 0.29) is 0 Å². The fraction of sp³-hybridized carbons (Fsp3) is 0.647. The Morgan fingerprint density at radius 1 is 1.10 bits per heavy atom. The maximum absolute atomic E-state index is 5.35. The number of hydrogen-bond donors (Lipinski definition) is 1. The molecule has 1 aromatic rings. The third-order valence-corrected chi connectivity index (χ3v) is 4.47. The lowest BCUT2D eigenvalue weighted by atomic mass is 9.80. The lowest BCUT2D eigenvalue weighted by Crippen LogP contribution is -2.39. The van der Waals surface area contributed by atoms with E-state index in [4.69, 9.17) is 9.47 Å². The molecule has 1 aliphatic rings. The van der Waals surface area contributed by atoms with E-state index >= 15 is 0 Å². The van der Waals surface area contributed by atoms with Crippen LogP contribution in [0, 0.1) is 11.8 Å². The Balaban J connectivity index is 1.96. The maximum atomic E-state index is 5.35. The van der Waals surface area contributed by atoms with Gasteiger partial charge in [0.15, 0.2) is 11.5 Å². The van der Waals surface area contributed by atoms with Crippen molar-refractivity contribution in [3.05, 3.63) is 23.8 Å². The van der Waals surface area contributed by atoms with Gasteiger partial charge in [0.25, 0.3) is 0 Å². The molecule has 3 heteroatoms. The van der Waals surface area contributed by atoms with Gasteiger partial charge in [0.2, 0.25) is 0 Å². The minimum atomic E-state index is 0.631. The standard InChI is InChI=1S/C17H27NO2/c1-12-5-6-13(2)15(9-12)18-11-14-7-8-16(19-3)17(10-14)20-4/h7-8,10,12-13,15,18H,5-6,9,11H2,1-4H3. The maximum Gasteiger partial charge on any atom is 0.161 e. The summed E-state index contributed by atoms with van der Waals surface area (Å²) in [4.78, 5) is 0. The van der Waals surface area contributed by atoms with Crippen molar-refractivity contribution in [1.29, 1.82) is 0 Å². The van der Waals surface area contributed by atoms with Crippen LogP contribution < -0.4 is 14.8 Å². The number of hydrogen-bond acceptors (Lipinski definition) is 3. The van der Waals surface area contributed by atoms with E-state index in [0.717, 1.165) is 29.9 Å². The molecule has 1 aromatic carbocycles. The third-order valence-electron chi connectivity index (χ3n) is 4.47. The van der Waals surface area contributed by atoms with Crippen molar-refractivity contribution in [1.82, 2.24) is 5.32 Å². The molecule has 3 atom stereocenters. The predicted octanol–water partition coefficient (Wildman–Crippen LogP) is 3.62. The Labute approximate surface area is 122 Å². The van der Waals surface area contributed by atoms with Gasteiger partial charge in [-0.05, 0) is 42.4 Å². The zero-order valence-electron chi connectivity index (χ0n) is 13.1.